The molecule has 19 heavy (non-hydrogen) atoms. The molecule has 1 fully saturated rings. The molecule has 0 amide bonds. The Bertz CT molecular complexity index is 358. The van der Waals surface area contributed by atoms with Crippen LogP contribution in [0.1, 0.15) is 32.0 Å². The third-order valence-electron chi connectivity index (χ3n) is 3.43. The first kappa shape index (κ1) is 14.5. The molecular formula is C14H26N4O. The van der Waals surface area contributed by atoms with Crippen LogP contribution in [-0.2, 0) is 11.3 Å². The molecule has 0 aliphatic carbocycles. The number of rotatable bonds is 7. The first-order chi connectivity index (χ1) is 9.25. The van der Waals surface area contributed by atoms with Gasteiger partial charge < -0.3 is 10.1 Å². The van der Waals surface area contributed by atoms with Crippen LogP contribution in [0.4, 0.5) is 0 Å². The number of aromatic nitrogens is 2. The Labute approximate surface area is 115 Å². The smallest absolute Gasteiger partial charge is 0.0762 e. The van der Waals surface area contributed by atoms with Crippen LogP contribution >= 0.6 is 0 Å². The van der Waals surface area contributed by atoms with Crippen molar-refractivity contribution in [3.63, 3.8) is 0 Å². The normalized spacial score (nSPS) is 17.2. The molecule has 108 valence electrons. The fraction of sp³-hybridized carbons (Fsp3) is 0.786. The fourth-order valence-corrected chi connectivity index (χ4v) is 2.23. The number of nitrogens with zero attached hydrogens (tertiary/aromatic N) is 3. The molecule has 1 saturated heterocycles. The maximum Gasteiger partial charge on any atom is 0.0762 e. The van der Waals surface area contributed by atoms with Crippen LogP contribution in [0.5, 0.6) is 0 Å². The second-order valence-corrected chi connectivity index (χ2v) is 5.37. The Hall–Kier alpha value is -0.910. The summed E-state index contributed by atoms with van der Waals surface area (Å²) in [5.41, 5.74) is 1.13. The summed E-state index contributed by atoms with van der Waals surface area (Å²) in [4.78, 5) is 2.47. The standard InChI is InChI=1S/C14H26N4O/c1-13(2)18-7-4-14(16-18)12-15-5-3-6-17-8-10-19-11-9-17/h4,7,13,15H,3,5-6,8-12H2,1-2H3. The molecule has 2 rings (SSSR count). The summed E-state index contributed by atoms with van der Waals surface area (Å²) in [6, 6.07) is 2.53. The van der Waals surface area contributed by atoms with Gasteiger partial charge in [0.15, 0.2) is 0 Å². The van der Waals surface area contributed by atoms with E-state index in [1.54, 1.807) is 0 Å². The first-order valence-electron chi connectivity index (χ1n) is 7.30. The Morgan fingerprint density at radius 3 is 2.84 bits per heavy atom. The zero-order valence-corrected chi connectivity index (χ0v) is 12.1. The maximum atomic E-state index is 5.34. The van der Waals surface area contributed by atoms with E-state index in [-0.39, 0.29) is 0 Å². The number of nitrogens with one attached hydrogen (secondary N) is 1. The van der Waals surface area contributed by atoms with Crippen molar-refractivity contribution in [2.24, 2.45) is 0 Å². The highest BCUT2D eigenvalue weighted by atomic mass is 16.5. The highest BCUT2D eigenvalue weighted by Crippen LogP contribution is 2.03. The van der Waals surface area contributed by atoms with E-state index in [1.807, 2.05) is 4.68 Å². The minimum Gasteiger partial charge on any atom is -0.379 e. The van der Waals surface area contributed by atoms with Crippen molar-refractivity contribution < 1.29 is 4.74 Å². The average Bonchev–Trinajstić information content (AvgIpc) is 2.89. The Balaban J connectivity index is 1.55. The number of ether oxygens (including phenoxy) is 1. The monoisotopic (exact) mass is 266 g/mol. The van der Waals surface area contributed by atoms with E-state index in [0.29, 0.717) is 6.04 Å². The highest BCUT2D eigenvalue weighted by Gasteiger charge is 2.09. The predicted octanol–water partition coefficient (Wildman–Crippen LogP) is 1.28. The van der Waals surface area contributed by atoms with Gasteiger partial charge in [0.05, 0.1) is 18.9 Å². The molecular weight excluding hydrogens is 240 g/mol. The molecule has 2 heterocycles. The quantitative estimate of drug-likeness (QED) is 0.755. The Morgan fingerprint density at radius 2 is 2.16 bits per heavy atom. The maximum absolute atomic E-state index is 5.34. The van der Waals surface area contributed by atoms with Crippen molar-refractivity contribution in [1.82, 2.24) is 20.0 Å². The van der Waals surface area contributed by atoms with Gasteiger partial charge in [-0.05, 0) is 39.4 Å². The predicted molar refractivity (Wildman–Crippen MR) is 76.2 cm³/mol. The summed E-state index contributed by atoms with van der Waals surface area (Å²) >= 11 is 0. The lowest BCUT2D eigenvalue weighted by Gasteiger charge is -2.26. The Kier molecular flexibility index (Phi) is 5.82. The summed E-state index contributed by atoms with van der Waals surface area (Å²) in [5, 5.41) is 7.98. The number of morpholine rings is 1. The molecule has 5 heteroatoms. The molecule has 0 spiro atoms. The molecule has 0 saturated carbocycles. The van der Waals surface area contributed by atoms with Crippen LogP contribution in [0.25, 0.3) is 0 Å². The average molecular weight is 266 g/mol. The number of hydrogen-bond acceptors (Lipinski definition) is 4. The van der Waals surface area contributed by atoms with E-state index in [4.69, 9.17) is 4.74 Å². The van der Waals surface area contributed by atoms with Gasteiger partial charge >= 0.3 is 0 Å². The lowest BCUT2D eigenvalue weighted by atomic mass is 10.3. The largest absolute Gasteiger partial charge is 0.379 e. The molecule has 0 radical (unpaired) electrons. The van der Waals surface area contributed by atoms with Gasteiger partial charge in [-0.1, -0.05) is 0 Å². The molecule has 0 atom stereocenters. The third-order valence-corrected chi connectivity index (χ3v) is 3.43. The van der Waals surface area contributed by atoms with Gasteiger partial charge in [-0.15, -0.1) is 0 Å². The van der Waals surface area contributed by atoms with Crippen molar-refractivity contribution in [2.45, 2.75) is 32.9 Å². The molecule has 0 aromatic carbocycles. The van der Waals surface area contributed by atoms with E-state index in [1.165, 1.54) is 6.42 Å². The Morgan fingerprint density at radius 1 is 1.37 bits per heavy atom. The minimum atomic E-state index is 0.440. The van der Waals surface area contributed by atoms with E-state index in [0.717, 1.165) is 51.6 Å². The highest BCUT2D eigenvalue weighted by molar-refractivity contribution is 4.98. The van der Waals surface area contributed by atoms with Crippen molar-refractivity contribution in [2.75, 3.05) is 39.4 Å². The van der Waals surface area contributed by atoms with E-state index >= 15 is 0 Å². The van der Waals surface area contributed by atoms with Crippen molar-refractivity contribution in [3.8, 4) is 0 Å². The van der Waals surface area contributed by atoms with E-state index < -0.39 is 0 Å². The van der Waals surface area contributed by atoms with Crippen molar-refractivity contribution >= 4 is 0 Å². The molecule has 1 aromatic heterocycles. The molecule has 1 aromatic rings. The van der Waals surface area contributed by atoms with E-state index in [2.05, 4.69) is 41.4 Å². The zero-order chi connectivity index (χ0) is 13.5. The summed E-state index contributed by atoms with van der Waals surface area (Å²) in [7, 11) is 0. The van der Waals surface area contributed by atoms with Crippen molar-refractivity contribution in [1.29, 1.82) is 0 Å². The molecule has 0 bridgehead atoms. The van der Waals surface area contributed by atoms with Crippen LogP contribution in [0, 0.1) is 0 Å². The molecule has 5 nitrogen and oxygen atoms in total. The van der Waals surface area contributed by atoms with Gasteiger partial charge in [0.25, 0.3) is 0 Å². The van der Waals surface area contributed by atoms with Crippen LogP contribution in [0.15, 0.2) is 12.3 Å². The number of hydrogen-bond donors (Lipinski definition) is 1. The van der Waals surface area contributed by atoms with Crippen LogP contribution in [0.2, 0.25) is 0 Å². The lowest BCUT2D eigenvalue weighted by molar-refractivity contribution is 0.0374. The van der Waals surface area contributed by atoms with Gasteiger partial charge in [0.2, 0.25) is 0 Å². The second-order valence-electron chi connectivity index (χ2n) is 5.37. The minimum absolute atomic E-state index is 0.440. The fourth-order valence-electron chi connectivity index (χ4n) is 2.23. The van der Waals surface area contributed by atoms with Gasteiger partial charge in [0, 0.05) is 31.9 Å². The third kappa shape index (κ3) is 4.93. The van der Waals surface area contributed by atoms with Gasteiger partial charge in [-0.2, -0.15) is 5.10 Å². The van der Waals surface area contributed by atoms with Crippen LogP contribution in [0.3, 0.4) is 0 Å². The molecule has 0 unspecified atom stereocenters. The first-order valence-corrected chi connectivity index (χ1v) is 7.30. The topological polar surface area (TPSA) is 42.3 Å². The van der Waals surface area contributed by atoms with Crippen LogP contribution < -0.4 is 5.32 Å². The van der Waals surface area contributed by atoms with Crippen molar-refractivity contribution in [3.05, 3.63) is 18.0 Å². The van der Waals surface area contributed by atoms with E-state index in [9.17, 15) is 0 Å². The SMILES string of the molecule is CC(C)n1ccc(CNCCCN2CCOCC2)n1. The molecule has 1 aliphatic heterocycles. The van der Waals surface area contributed by atoms with Crippen LogP contribution in [-0.4, -0.2) is 54.1 Å². The van der Waals surface area contributed by atoms with Gasteiger partial charge in [0.1, 0.15) is 0 Å². The summed E-state index contributed by atoms with van der Waals surface area (Å²) in [5.74, 6) is 0. The van der Waals surface area contributed by atoms with Gasteiger partial charge in [-0.25, -0.2) is 0 Å². The summed E-state index contributed by atoms with van der Waals surface area (Å²) in [6.07, 6.45) is 3.24. The summed E-state index contributed by atoms with van der Waals surface area (Å²) in [6.45, 7) is 11.3. The summed E-state index contributed by atoms with van der Waals surface area (Å²) < 4.78 is 7.34. The van der Waals surface area contributed by atoms with Gasteiger partial charge in [-0.3, -0.25) is 9.58 Å². The lowest BCUT2D eigenvalue weighted by Crippen LogP contribution is -2.37. The second kappa shape index (κ2) is 7.62. The molecule has 1 aliphatic rings. The zero-order valence-electron chi connectivity index (χ0n) is 12.1. The molecule has 1 N–H and O–H groups in total.